The van der Waals surface area contributed by atoms with Gasteiger partial charge in [-0.05, 0) is 52.9 Å². The van der Waals surface area contributed by atoms with Crippen molar-refractivity contribution >= 4 is 27.0 Å². The van der Waals surface area contributed by atoms with Gasteiger partial charge in [0.25, 0.3) is 0 Å². The van der Waals surface area contributed by atoms with Gasteiger partial charge in [0.1, 0.15) is 17.9 Å². The molecule has 0 radical (unpaired) electrons. The predicted molar refractivity (Wildman–Crippen MR) is 86.5 cm³/mol. The highest BCUT2D eigenvalue weighted by Gasteiger charge is 2.23. The Morgan fingerprint density at radius 1 is 1.27 bits per heavy atom. The summed E-state index contributed by atoms with van der Waals surface area (Å²) in [5, 5.41) is 8.56. The quantitative estimate of drug-likeness (QED) is 0.699. The van der Waals surface area contributed by atoms with E-state index in [0.717, 1.165) is 39.3 Å². The predicted octanol–water partition coefficient (Wildman–Crippen LogP) is 3.58. The largest absolute Gasteiger partial charge is 0.488 e. The topological polar surface area (TPSA) is 52.8 Å². The molecule has 1 fully saturated rings. The monoisotopic (exact) mass is 358 g/mol. The average molecular weight is 359 g/mol. The first-order chi connectivity index (χ1) is 10.8. The van der Waals surface area contributed by atoms with Gasteiger partial charge in [-0.15, -0.1) is 5.10 Å². The van der Waals surface area contributed by atoms with Crippen molar-refractivity contribution in [3.8, 4) is 5.75 Å². The van der Waals surface area contributed by atoms with E-state index in [1.807, 2.05) is 28.9 Å². The molecular weight excluding hydrogens is 344 g/mol. The molecule has 0 N–H and O–H groups in total. The SMILES string of the molecule is Brc1c(OCc2cccnc2)ccc2c1nnn2CC1CC1. The van der Waals surface area contributed by atoms with Crippen LogP contribution in [0.3, 0.4) is 0 Å². The van der Waals surface area contributed by atoms with Crippen LogP contribution in [0.1, 0.15) is 18.4 Å². The Labute approximate surface area is 136 Å². The minimum absolute atomic E-state index is 0.480. The van der Waals surface area contributed by atoms with Crippen LogP contribution >= 0.6 is 15.9 Å². The van der Waals surface area contributed by atoms with Crippen molar-refractivity contribution in [3.63, 3.8) is 0 Å². The number of halogens is 1. The molecule has 1 aliphatic carbocycles. The van der Waals surface area contributed by atoms with Crippen molar-refractivity contribution < 1.29 is 4.74 Å². The molecule has 5 nitrogen and oxygen atoms in total. The first-order valence-corrected chi connectivity index (χ1v) is 8.14. The number of fused-ring (bicyclic) bond motifs is 1. The van der Waals surface area contributed by atoms with Gasteiger partial charge in [0, 0.05) is 24.5 Å². The number of benzene rings is 1. The summed E-state index contributed by atoms with van der Waals surface area (Å²) >= 11 is 3.59. The van der Waals surface area contributed by atoms with Gasteiger partial charge in [-0.2, -0.15) is 0 Å². The Morgan fingerprint density at radius 2 is 2.18 bits per heavy atom. The summed E-state index contributed by atoms with van der Waals surface area (Å²) in [5.74, 6) is 1.54. The van der Waals surface area contributed by atoms with E-state index in [0.29, 0.717) is 6.61 Å². The van der Waals surface area contributed by atoms with Gasteiger partial charge in [-0.25, -0.2) is 4.68 Å². The Kier molecular flexibility index (Phi) is 3.54. The fourth-order valence-corrected chi connectivity index (χ4v) is 2.95. The molecule has 6 heteroatoms. The van der Waals surface area contributed by atoms with E-state index in [1.165, 1.54) is 12.8 Å². The third-order valence-corrected chi connectivity index (χ3v) is 4.60. The van der Waals surface area contributed by atoms with Crippen LogP contribution < -0.4 is 4.74 Å². The maximum Gasteiger partial charge on any atom is 0.136 e. The molecule has 0 atom stereocenters. The van der Waals surface area contributed by atoms with Gasteiger partial charge in [0.2, 0.25) is 0 Å². The van der Waals surface area contributed by atoms with Gasteiger partial charge in [0.15, 0.2) is 0 Å². The molecule has 0 saturated heterocycles. The van der Waals surface area contributed by atoms with Crippen molar-refractivity contribution in [1.82, 2.24) is 20.0 Å². The molecule has 0 unspecified atom stereocenters. The highest BCUT2D eigenvalue weighted by atomic mass is 79.9. The molecule has 1 aromatic carbocycles. The maximum atomic E-state index is 5.87. The molecule has 0 bridgehead atoms. The molecule has 0 aliphatic heterocycles. The van der Waals surface area contributed by atoms with E-state index in [4.69, 9.17) is 4.74 Å². The Balaban J connectivity index is 1.58. The van der Waals surface area contributed by atoms with Gasteiger partial charge in [-0.3, -0.25) is 4.98 Å². The minimum atomic E-state index is 0.480. The van der Waals surface area contributed by atoms with E-state index in [-0.39, 0.29) is 0 Å². The second-order valence-electron chi connectivity index (χ2n) is 5.61. The standard InChI is InChI=1S/C16H15BrN4O/c17-15-14(22-10-12-2-1-7-18-8-12)6-5-13-16(15)19-20-21(13)9-11-3-4-11/h1-2,5-8,11H,3-4,9-10H2. The molecule has 22 heavy (non-hydrogen) atoms. The van der Waals surface area contributed by atoms with Crippen LogP contribution in [0.15, 0.2) is 41.1 Å². The normalized spacial score (nSPS) is 14.4. The number of pyridine rings is 1. The van der Waals surface area contributed by atoms with Crippen LogP contribution in [0.2, 0.25) is 0 Å². The van der Waals surface area contributed by atoms with Crippen molar-refractivity contribution in [1.29, 1.82) is 0 Å². The van der Waals surface area contributed by atoms with Crippen molar-refractivity contribution in [2.45, 2.75) is 26.0 Å². The number of ether oxygens (including phenoxy) is 1. The summed E-state index contributed by atoms with van der Waals surface area (Å²) < 4.78 is 8.72. The molecule has 1 saturated carbocycles. The molecule has 3 aromatic rings. The third kappa shape index (κ3) is 2.70. The molecule has 1 aliphatic rings. The molecule has 0 amide bonds. The highest BCUT2D eigenvalue weighted by Crippen LogP contribution is 2.35. The molecule has 2 aromatic heterocycles. The molecule has 4 rings (SSSR count). The first-order valence-electron chi connectivity index (χ1n) is 7.34. The second-order valence-corrected chi connectivity index (χ2v) is 6.40. The molecule has 0 spiro atoms. The van der Waals surface area contributed by atoms with Crippen LogP contribution in [0.5, 0.6) is 5.75 Å². The number of nitrogens with zero attached hydrogens (tertiary/aromatic N) is 4. The lowest BCUT2D eigenvalue weighted by Crippen LogP contribution is -2.01. The summed E-state index contributed by atoms with van der Waals surface area (Å²) in [4.78, 5) is 4.09. The fraction of sp³-hybridized carbons (Fsp3) is 0.312. The fourth-order valence-electron chi connectivity index (χ4n) is 2.42. The van der Waals surface area contributed by atoms with Crippen LogP contribution in [-0.2, 0) is 13.2 Å². The molecular formula is C16H15BrN4O. The summed E-state index contributed by atoms with van der Waals surface area (Å²) in [6.07, 6.45) is 6.16. The van der Waals surface area contributed by atoms with E-state index >= 15 is 0 Å². The Bertz CT molecular complexity index is 799. The van der Waals surface area contributed by atoms with E-state index in [9.17, 15) is 0 Å². The zero-order chi connectivity index (χ0) is 14.9. The van der Waals surface area contributed by atoms with Crippen LogP contribution in [0.4, 0.5) is 0 Å². The van der Waals surface area contributed by atoms with Crippen molar-refractivity contribution in [2.24, 2.45) is 5.92 Å². The van der Waals surface area contributed by atoms with E-state index < -0.39 is 0 Å². The Morgan fingerprint density at radius 3 is 2.95 bits per heavy atom. The zero-order valence-electron chi connectivity index (χ0n) is 11.9. The van der Waals surface area contributed by atoms with Crippen molar-refractivity contribution in [3.05, 3.63) is 46.7 Å². The number of rotatable bonds is 5. The van der Waals surface area contributed by atoms with Crippen LogP contribution in [-0.4, -0.2) is 20.0 Å². The second kappa shape index (κ2) is 5.68. The first kappa shape index (κ1) is 13.7. The number of hydrogen-bond acceptors (Lipinski definition) is 4. The third-order valence-electron chi connectivity index (χ3n) is 3.84. The average Bonchev–Trinajstić information content (AvgIpc) is 3.27. The summed E-state index contributed by atoms with van der Waals surface area (Å²) in [6, 6.07) is 7.89. The zero-order valence-corrected chi connectivity index (χ0v) is 13.5. The van der Waals surface area contributed by atoms with Gasteiger partial charge < -0.3 is 4.74 Å². The maximum absolute atomic E-state index is 5.87. The molecule has 2 heterocycles. The minimum Gasteiger partial charge on any atom is -0.488 e. The lowest BCUT2D eigenvalue weighted by Gasteiger charge is -2.08. The van der Waals surface area contributed by atoms with Crippen LogP contribution in [0.25, 0.3) is 11.0 Å². The van der Waals surface area contributed by atoms with Crippen molar-refractivity contribution in [2.75, 3.05) is 0 Å². The number of aromatic nitrogens is 4. The smallest absolute Gasteiger partial charge is 0.136 e. The summed E-state index contributed by atoms with van der Waals surface area (Å²) in [5.41, 5.74) is 2.93. The van der Waals surface area contributed by atoms with Gasteiger partial charge in [0.05, 0.1) is 9.99 Å². The highest BCUT2D eigenvalue weighted by molar-refractivity contribution is 9.10. The lowest BCUT2D eigenvalue weighted by atomic mass is 10.2. The van der Waals surface area contributed by atoms with E-state index in [1.54, 1.807) is 12.4 Å². The Hall–Kier alpha value is -1.95. The summed E-state index contributed by atoms with van der Waals surface area (Å²) in [7, 11) is 0. The number of hydrogen-bond donors (Lipinski definition) is 0. The summed E-state index contributed by atoms with van der Waals surface area (Å²) in [6.45, 7) is 1.44. The lowest BCUT2D eigenvalue weighted by molar-refractivity contribution is 0.304. The van der Waals surface area contributed by atoms with Crippen LogP contribution in [0, 0.1) is 5.92 Å². The molecule has 112 valence electrons. The van der Waals surface area contributed by atoms with E-state index in [2.05, 4.69) is 31.2 Å². The van der Waals surface area contributed by atoms with Gasteiger partial charge >= 0.3 is 0 Å². The van der Waals surface area contributed by atoms with Gasteiger partial charge in [-0.1, -0.05) is 11.3 Å².